The van der Waals surface area contributed by atoms with E-state index in [1.165, 1.54) is 24.2 Å². The third kappa shape index (κ3) is 4.89. The van der Waals surface area contributed by atoms with Crippen LogP contribution in [0.5, 0.6) is 0 Å². The molecular formula is C17H24ClF2N3OS. The molecule has 25 heavy (non-hydrogen) atoms. The maximum atomic E-state index is 13.2. The average Bonchev–Trinajstić information content (AvgIpc) is 3.46. The second kappa shape index (κ2) is 7.45. The summed E-state index contributed by atoms with van der Waals surface area (Å²) in [6.45, 7) is 1.10. The predicted molar refractivity (Wildman–Crippen MR) is 95.9 cm³/mol. The lowest BCUT2D eigenvalue weighted by Crippen LogP contribution is -2.40. The van der Waals surface area contributed by atoms with Crippen molar-refractivity contribution in [1.29, 1.82) is 0 Å². The molecule has 1 aromatic rings. The number of carbonyl (C=O) groups excluding carboxylic acids is 1. The van der Waals surface area contributed by atoms with Gasteiger partial charge in [0, 0.05) is 36.2 Å². The maximum Gasteiger partial charge on any atom is 0.280 e. The van der Waals surface area contributed by atoms with Gasteiger partial charge in [-0.2, -0.15) is 0 Å². The first-order chi connectivity index (χ1) is 11.5. The summed E-state index contributed by atoms with van der Waals surface area (Å²) in [5, 5.41) is 8.86. The number of halogens is 3. The van der Waals surface area contributed by atoms with Crippen LogP contribution < -0.4 is 10.6 Å². The van der Waals surface area contributed by atoms with Crippen LogP contribution in [0.3, 0.4) is 0 Å². The summed E-state index contributed by atoms with van der Waals surface area (Å²) in [5.41, 5.74) is 0.994. The van der Waals surface area contributed by atoms with Gasteiger partial charge in [-0.25, -0.2) is 13.8 Å². The Labute approximate surface area is 156 Å². The minimum Gasteiger partial charge on any atom is -0.347 e. The van der Waals surface area contributed by atoms with Crippen LogP contribution in [0.4, 0.5) is 8.78 Å². The first-order valence-corrected chi connectivity index (χ1v) is 9.76. The van der Waals surface area contributed by atoms with Gasteiger partial charge in [0.1, 0.15) is 0 Å². The van der Waals surface area contributed by atoms with E-state index >= 15 is 0 Å². The van der Waals surface area contributed by atoms with E-state index in [9.17, 15) is 13.6 Å². The molecule has 0 saturated heterocycles. The molecule has 8 heteroatoms. The van der Waals surface area contributed by atoms with E-state index in [4.69, 9.17) is 0 Å². The molecule has 140 valence electrons. The fraction of sp³-hybridized carbons (Fsp3) is 0.765. The molecular weight excluding hydrogens is 368 g/mol. The van der Waals surface area contributed by atoms with Gasteiger partial charge in [0.15, 0.2) is 5.01 Å². The Balaban J connectivity index is 0.00000182. The highest BCUT2D eigenvalue weighted by molar-refractivity contribution is 7.11. The van der Waals surface area contributed by atoms with Crippen LogP contribution in [0, 0.1) is 5.92 Å². The number of hydrogen-bond donors (Lipinski definition) is 2. The van der Waals surface area contributed by atoms with Crippen molar-refractivity contribution in [3.05, 3.63) is 16.1 Å². The molecule has 3 fully saturated rings. The molecule has 4 nitrogen and oxygen atoms in total. The van der Waals surface area contributed by atoms with Gasteiger partial charge in [-0.15, -0.1) is 23.7 Å². The molecule has 4 rings (SSSR count). The molecule has 0 bridgehead atoms. The highest BCUT2D eigenvalue weighted by Gasteiger charge is 2.41. The minimum absolute atomic E-state index is 0. The predicted octanol–water partition coefficient (Wildman–Crippen LogP) is 3.73. The van der Waals surface area contributed by atoms with Crippen molar-refractivity contribution < 1.29 is 13.6 Å². The van der Waals surface area contributed by atoms with Crippen molar-refractivity contribution in [3.8, 4) is 0 Å². The molecule has 1 heterocycles. The Morgan fingerprint density at radius 1 is 1.28 bits per heavy atom. The van der Waals surface area contributed by atoms with Gasteiger partial charge in [-0.3, -0.25) is 4.79 Å². The Bertz CT molecular complexity index is 613. The zero-order valence-electron chi connectivity index (χ0n) is 14.0. The van der Waals surface area contributed by atoms with Gasteiger partial charge < -0.3 is 10.6 Å². The van der Waals surface area contributed by atoms with Crippen molar-refractivity contribution in [2.45, 2.75) is 68.9 Å². The van der Waals surface area contributed by atoms with E-state index < -0.39 is 5.92 Å². The van der Waals surface area contributed by atoms with Gasteiger partial charge in [0.05, 0.1) is 5.69 Å². The summed E-state index contributed by atoms with van der Waals surface area (Å²) >= 11 is 1.35. The molecule has 0 radical (unpaired) electrons. The first kappa shape index (κ1) is 19.0. The van der Waals surface area contributed by atoms with Gasteiger partial charge in [0.2, 0.25) is 5.92 Å². The molecule has 2 atom stereocenters. The summed E-state index contributed by atoms with van der Waals surface area (Å²) in [7, 11) is 0. The molecule has 1 amide bonds. The molecule has 3 saturated carbocycles. The molecule has 2 unspecified atom stereocenters. The third-order valence-corrected chi connectivity index (χ3v) is 6.16. The molecule has 3 aliphatic rings. The number of nitrogens with zero attached hydrogens (tertiary/aromatic N) is 1. The van der Waals surface area contributed by atoms with Crippen molar-refractivity contribution in [3.63, 3.8) is 0 Å². The third-order valence-electron chi connectivity index (χ3n) is 5.30. The summed E-state index contributed by atoms with van der Waals surface area (Å²) in [5.74, 6) is -1.49. The lowest BCUT2D eigenvalue weighted by molar-refractivity contribution is -0.0399. The van der Waals surface area contributed by atoms with Crippen LogP contribution in [0.2, 0.25) is 0 Å². The minimum atomic E-state index is -2.57. The number of nitrogens with one attached hydrogen (secondary N) is 2. The molecule has 0 aromatic carbocycles. The van der Waals surface area contributed by atoms with Crippen molar-refractivity contribution in [2.75, 3.05) is 6.54 Å². The maximum absolute atomic E-state index is 13.2. The second-order valence-corrected chi connectivity index (χ2v) is 8.34. The lowest BCUT2D eigenvalue weighted by atomic mass is 9.92. The van der Waals surface area contributed by atoms with Crippen LogP contribution in [0.1, 0.15) is 66.4 Å². The number of amides is 1. The van der Waals surface area contributed by atoms with Crippen molar-refractivity contribution in [1.82, 2.24) is 15.6 Å². The fourth-order valence-corrected chi connectivity index (χ4v) is 4.16. The normalized spacial score (nSPS) is 28.2. The number of thiazole rings is 1. The van der Waals surface area contributed by atoms with Crippen molar-refractivity contribution >= 4 is 29.7 Å². The van der Waals surface area contributed by atoms with Gasteiger partial charge in [-0.1, -0.05) is 0 Å². The van der Waals surface area contributed by atoms with Gasteiger partial charge in [-0.05, 0) is 44.6 Å². The summed E-state index contributed by atoms with van der Waals surface area (Å²) < 4.78 is 26.3. The van der Waals surface area contributed by atoms with E-state index in [2.05, 4.69) is 15.6 Å². The van der Waals surface area contributed by atoms with E-state index in [1.54, 1.807) is 0 Å². The standard InChI is InChI=1S/C17H23F2N3OS.ClH/c18-17(19)5-3-11(4-6-17)21-15(23)16-22-14(9-24-16)12-7-13(12)20-8-10-1-2-10;/h9-13,20H,1-8H2,(H,21,23);1H. The topological polar surface area (TPSA) is 54.0 Å². The monoisotopic (exact) mass is 391 g/mol. The van der Waals surface area contributed by atoms with E-state index in [0.29, 0.717) is 29.8 Å². The molecule has 3 aliphatic carbocycles. The second-order valence-electron chi connectivity index (χ2n) is 7.48. The van der Waals surface area contributed by atoms with Crippen LogP contribution >= 0.6 is 23.7 Å². The van der Waals surface area contributed by atoms with E-state index in [0.717, 1.165) is 24.6 Å². The molecule has 0 aliphatic heterocycles. The SMILES string of the molecule is Cl.O=C(NC1CCC(F)(F)CC1)c1nc(C2CC2NCC2CC2)cs1. The highest BCUT2D eigenvalue weighted by atomic mass is 35.5. The average molecular weight is 392 g/mol. The molecule has 0 spiro atoms. The zero-order valence-corrected chi connectivity index (χ0v) is 15.6. The summed E-state index contributed by atoms with van der Waals surface area (Å²) in [6.07, 6.45) is 4.18. The first-order valence-electron chi connectivity index (χ1n) is 8.88. The largest absolute Gasteiger partial charge is 0.347 e. The lowest BCUT2D eigenvalue weighted by Gasteiger charge is -2.28. The fourth-order valence-electron chi connectivity index (χ4n) is 3.38. The molecule has 2 N–H and O–H groups in total. The highest BCUT2D eigenvalue weighted by Crippen LogP contribution is 2.42. The number of carbonyl (C=O) groups is 1. The summed E-state index contributed by atoms with van der Waals surface area (Å²) in [4.78, 5) is 16.7. The number of aromatic nitrogens is 1. The number of alkyl halides is 2. The Kier molecular flexibility index (Phi) is 5.66. The Hall–Kier alpha value is -0.790. The van der Waals surface area contributed by atoms with Gasteiger partial charge >= 0.3 is 0 Å². The molecule has 1 aromatic heterocycles. The zero-order chi connectivity index (χ0) is 16.7. The van der Waals surface area contributed by atoms with Crippen LogP contribution in [-0.2, 0) is 0 Å². The van der Waals surface area contributed by atoms with Crippen molar-refractivity contribution in [2.24, 2.45) is 5.92 Å². The Morgan fingerprint density at radius 2 is 2.00 bits per heavy atom. The van der Waals surface area contributed by atoms with Gasteiger partial charge in [0.25, 0.3) is 5.91 Å². The number of rotatable bonds is 6. The summed E-state index contributed by atoms with van der Waals surface area (Å²) in [6, 6.07) is 0.350. The quantitative estimate of drug-likeness (QED) is 0.776. The van der Waals surface area contributed by atoms with Crippen LogP contribution in [0.25, 0.3) is 0 Å². The van der Waals surface area contributed by atoms with Crippen LogP contribution in [-0.4, -0.2) is 35.4 Å². The van der Waals surface area contributed by atoms with E-state index in [1.807, 2.05) is 5.38 Å². The van der Waals surface area contributed by atoms with Crippen LogP contribution in [0.15, 0.2) is 5.38 Å². The smallest absolute Gasteiger partial charge is 0.280 e. The van der Waals surface area contributed by atoms with E-state index in [-0.39, 0.29) is 37.2 Å². The Morgan fingerprint density at radius 3 is 2.68 bits per heavy atom. The number of hydrogen-bond acceptors (Lipinski definition) is 4.